The molecule has 2 atom stereocenters. The number of methoxy groups -OCH3 is 1. The van der Waals surface area contributed by atoms with Crippen molar-refractivity contribution in [1.29, 1.82) is 5.26 Å². The van der Waals surface area contributed by atoms with Gasteiger partial charge in [-0.2, -0.15) is 5.26 Å². The molecule has 0 N–H and O–H groups in total. The normalized spacial score (nSPS) is 16.7. The van der Waals surface area contributed by atoms with Gasteiger partial charge in [0.15, 0.2) is 17.6 Å². The molecular weight excluding hydrogens is 316 g/mol. The Bertz CT molecular complexity index is 841. The van der Waals surface area contributed by atoms with Gasteiger partial charge in [-0.05, 0) is 44.0 Å². The molecule has 128 valence electrons. The van der Waals surface area contributed by atoms with E-state index in [0.717, 1.165) is 12.1 Å². The van der Waals surface area contributed by atoms with Gasteiger partial charge in [0.2, 0.25) is 0 Å². The number of anilines is 1. The zero-order valence-electron chi connectivity index (χ0n) is 14.5. The number of benzene rings is 2. The molecule has 3 rings (SSSR count). The highest BCUT2D eigenvalue weighted by atomic mass is 16.5. The number of hydrogen-bond acceptors (Lipinski definition) is 4. The van der Waals surface area contributed by atoms with E-state index in [1.165, 1.54) is 12.7 Å². The van der Waals surface area contributed by atoms with E-state index < -0.39 is 6.10 Å². The summed E-state index contributed by atoms with van der Waals surface area (Å²) in [5.74, 6) is 0.792. The van der Waals surface area contributed by atoms with Crippen molar-refractivity contribution < 1.29 is 14.3 Å². The molecule has 0 aliphatic carbocycles. The maximum Gasteiger partial charge on any atom is 0.268 e. The van der Waals surface area contributed by atoms with Crippen LogP contribution in [0.2, 0.25) is 0 Å². The highest BCUT2D eigenvalue weighted by Crippen LogP contribution is 2.34. The van der Waals surface area contributed by atoms with Crippen molar-refractivity contribution >= 4 is 11.6 Å². The summed E-state index contributed by atoms with van der Waals surface area (Å²) in [6.45, 7) is 3.76. The van der Waals surface area contributed by atoms with E-state index in [9.17, 15) is 4.79 Å². The van der Waals surface area contributed by atoms with Crippen LogP contribution < -0.4 is 14.4 Å². The monoisotopic (exact) mass is 336 g/mol. The van der Waals surface area contributed by atoms with Crippen molar-refractivity contribution in [3.8, 4) is 17.6 Å². The molecule has 1 amide bonds. The number of nitriles is 1. The third-order valence-electron chi connectivity index (χ3n) is 4.39. The molecule has 1 aliphatic rings. The predicted molar refractivity (Wildman–Crippen MR) is 94.9 cm³/mol. The highest BCUT2D eigenvalue weighted by molar-refractivity contribution is 5.99. The van der Waals surface area contributed by atoms with Crippen LogP contribution in [0.25, 0.3) is 0 Å². The van der Waals surface area contributed by atoms with E-state index in [-0.39, 0.29) is 11.9 Å². The number of carbonyl (C=O) groups excluding carboxylic acids is 1. The fraction of sp³-hybridized carbons (Fsp3) is 0.300. The average Bonchev–Trinajstić information content (AvgIpc) is 2.96. The van der Waals surface area contributed by atoms with Crippen molar-refractivity contribution in [3.05, 3.63) is 53.6 Å². The van der Waals surface area contributed by atoms with Crippen LogP contribution in [0.5, 0.6) is 11.5 Å². The lowest BCUT2D eigenvalue weighted by Gasteiger charge is -2.26. The summed E-state index contributed by atoms with van der Waals surface area (Å²) in [5, 5.41) is 8.98. The number of amides is 1. The Morgan fingerprint density at radius 3 is 2.76 bits per heavy atom. The molecule has 0 unspecified atom stereocenters. The standard InChI is InChI=1S/C20H20N2O3/c1-13-10-16-6-4-5-7-17(16)22(13)20(23)14(2)25-18-9-8-15(12-21)11-19(18)24-3/h4-9,11,13-14H,10H2,1-3H3/t13-,14-/m0/s1. The fourth-order valence-electron chi connectivity index (χ4n) is 3.17. The second-order valence-corrected chi connectivity index (χ2v) is 6.13. The number of nitrogens with zero attached hydrogens (tertiary/aromatic N) is 2. The third-order valence-corrected chi connectivity index (χ3v) is 4.39. The molecule has 0 bridgehead atoms. The van der Waals surface area contributed by atoms with Crippen LogP contribution in [0.3, 0.4) is 0 Å². The number of para-hydroxylation sites is 1. The van der Waals surface area contributed by atoms with E-state index in [2.05, 4.69) is 6.07 Å². The van der Waals surface area contributed by atoms with Crippen molar-refractivity contribution in [1.82, 2.24) is 0 Å². The van der Waals surface area contributed by atoms with Gasteiger partial charge in [0, 0.05) is 17.8 Å². The average molecular weight is 336 g/mol. The quantitative estimate of drug-likeness (QED) is 0.859. The summed E-state index contributed by atoms with van der Waals surface area (Å²) in [4.78, 5) is 14.8. The zero-order chi connectivity index (χ0) is 18.0. The Morgan fingerprint density at radius 2 is 2.04 bits per heavy atom. The lowest BCUT2D eigenvalue weighted by molar-refractivity contribution is -0.124. The Hall–Kier alpha value is -3.00. The number of fused-ring (bicyclic) bond motifs is 1. The van der Waals surface area contributed by atoms with Crippen LogP contribution in [-0.4, -0.2) is 25.2 Å². The fourth-order valence-corrected chi connectivity index (χ4v) is 3.17. The number of ether oxygens (including phenoxy) is 2. The van der Waals surface area contributed by atoms with Gasteiger partial charge in [0.05, 0.1) is 18.7 Å². The molecule has 5 nitrogen and oxygen atoms in total. The first-order chi connectivity index (χ1) is 12.0. The third kappa shape index (κ3) is 3.16. The largest absolute Gasteiger partial charge is 0.493 e. The van der Waals surface area contributed by atoms with Crippen LogP contribution in [0.1, 0.15) is 25.0 Å². The van der Waals surface area contributed by atoms with Crippen LogP contribution in [-0.2, 0) is 11.2 Å². The maximum absolute atomic E-state index is 13.0. The minimum atomic E-state index is -0.671. The molecule has 1 aliphatic heterocycles. The molecule has 0 radical (unpaired) electrons. The SMILES string of the molecule is COc1cc(C#N)ccc1O[C@@H](C)C(=O)N1c2ccccc2C[C@@H]1C. The predicted octanol–water partition coefficient (Wildman–Crippen LogP) is 3.31. The first-order valence-electron chi connectivity index (χ1n) is 8.21. The number of rotatable bonds is 4. The zero-order valence-corrected chi connectivity index (χ0v) is 14.5. The first-order valence-corrected chi connectivity index (χ1v) is 8.21. The molecule has 0 saturated heterocycles. The van der Waals surface area contributed by atoms with Crippen LogP contribution in [0, 0.1) is 11.3 Å². The van der Waals surface area contributed by atoms with Gasteiger partial charge in [-0.3, -0.25) is 4.79 Å². The van der Waals surface area contributed by atoms with Gasteiger partial charge in [0.25, 0.3) is 5.91 Å². The highest BCUT2D eigenvalue weighted by Gasteiger charge is 2.34. The molecular formula is C20H20N2O3. The smallest absolute Gasteiger partial charge is 0.268 e. The summed E-state index contributed by atoms with van der Waals surface area (Å²) in [7, 11) is 1.51. The molecule has 25 heavy (non-hydrogen) atoms. The maximum atomic E-state index is 13.0. The summed E-state index contributed by atoms with van der Waals surface area (Å²) >= 11 is 0. The van der Waals surface area contributed by atoms with Gasteiger partial charge in [-0.15, -0.1) is 0 Å². The van der Waals surface area contributed by atoms with E-state index in [1.54, 1.807) is 30.0 Å². The van der Waals surface area contributed by atoms with Crippen LogP contribution in [0.4, 0.5) is 5.69 Å². The Kier molecular flexibility index (Phi) is 4.62. The van der Waals surface area contributed by atoms with Crippen molar-refractivity contribution in [2.45, 2.75) is 32.4 Å². The Morgan fingerprint density at radius 1 is 1.28 bits per heavy atom. The topological polar surface area (TPSA) is 62.6 Å². The van der Waals surface area contributed by atoms with E-state index in [0.29, 0.717) is 17.1 Å². The van der Waals surface area contributed by atoms with Gasteiger partial charge >= 0.3 is 0 Å². The van der Waals surface area contributed by atoms with E-state index in [1.807, 2.05) is 31.2 Å². The molecule has 2 aromatic carbocycles. The van der Waals surface area contributed by atoms with E-state index >= 15 is 0 Å². The molecule has 1 heterocycles. The molecule has 0 fully saturated rings. The van der Waals surface area contributed by atoms with Crippen LogP contribution >= 0.6 is 0 Å². The molecule has 0 saturated carbocycles. The minimum absolute atomic E-state index is 0.0936. The van der Waals surface area contributed by atoms with Crippen molar-refractivity contribution in [2.75, 3.05) is 12.0 Å². The Balaban J connectivity index is 1.81. The lowest BCUT2D eigenvalue weighted by atomic mass is 10.1. The molecule has 0 spiro atoms. The summed E-state index contributed by atoms with van der Waals surface area (Å²) in [6, 6.07) is 15.0. The number of carbonyl (C=O) groups is 1. The molecule has 0 aromatic heterocycles. The van der Waals surface area contributed by atoms with E-state index in [4.69, 9.17) is 14.7 Å². The van der Waals surface area contributed by atoms with Crippen molar-refractivity contribution in [3.63, 3.8) is 0 Å². The molecule has 2 aromatic rings. The second kappa shape index (κ2) is 6.86. The van der Waals surface area contributed by atoms with Gasteiger partial charge in [-0.25, -0.2) is 0 Å². The lowest BCUT2D eigenvalue weighted by Crippen LogP contribution is -2.43. The summed E-state index contributed by atoms with van der Waals surface area (Å²) in [6.07, 6.45) is 0.171. The van der Waals surface area contributed by atoms with Gasteiger partial charge < -0.3 is 14.4 Å². The van der Waals surface area contributed by atoms with Crippen LogP contribution in [0.15, 0.2) is 42.5 Å². The molecule has 5 heteroatoms. The van der Waals surface area contributed by atoms with Crippen molar-refractivity contribution in [2.24, 2.45) is 0 Å². The Labute approximate surface area is 147 Å². The second-order valence-electron chi connectivity index (χ2n) is 6.13. The first kappa shape index (κ1) is 16.8. The number of hydrogen-bond donors (Lipinski definition) is 0. The minimum Gasteiger partial charge on any atom is -0.493 e. The van der Waals surface area contributed by atoms with Gasteiger partial charge in [0.1, 0.15) is 0 Å². The van der Waals surface area contributed by atoms with Gasteiger partial charge in [-0.1, -0.05) is 18.2 Å². The summed E-state index contributed by atoms with van der Waals surface area (Å²) < 4.78 is 11.1. The summed E-state index contributed by atoms with van der Waals surface area (Å²) in [5.41, 5.74) is 2.60.